The van der Waals surface area contributed by atoms with Gasteiger partial charge in [-0.1, -0.05) is 23.2 Å². The average molecular weight is 316 g/mol. The van der Waals surface area contributed by atoms with Crippen LogP contribution in [0.2, 0.25) is 10.0 Å². The monoisotopic (exact) mass is 315 g/mol. The Morgan fingerprint density at radius 3 is 2.63 bits per heavy atom. The molecule has 0 aliphatic rings. The van der Waals surface area contributed by atoms with Crippen LogP contribution in [0.25, 0.3) is 10.6 Å². The molecule has 1 aromatic heterocycles. The van der Waals surface area contributed by atoms with Crippen molar-refractivity contribution < 1.29 is 9.90 Å². The highest BCUT2D eigenvalue weighted by atomic mass is 35.5. The maximum absolute atomic E-state index is 11.2. The van der Waals surface area contributed by atoms with Crippen LogP contribution in [0, 0.1) is 0 Å². The number of aromatic nitrogens is 1. The standard InChI is InChI=1S/C13H11Cl2NO2S/c1-13(2,12(17)18)10-6-19-11(16-10)8-4-3-7(14)5-9(8)15/h3-6H,1-2H3,(H,17,18). The molecule has 0 radical (unpaired) electrons. The van der Waals surface area contributed by atoms with Crippen molar-refractivity contribution in [2.24, 2.45) is 0 Å². The Morgan fingerprint density at radius 1 is 1.37 bits per heavy atom. The van der Waals surface area contributed by atoms with Crippen LogP contribution in [0.3, 0.4) is 0 Å². The van der Waals surface area contributed by atoms with Crippen molar-refractivity contribution in [3.8, 4) is 10.6 Å². The zero-order chi connectivity index (χ0) is 14.2. The van der Waals surface area contributed by atoms with Gasteiger partial charge in [-0.15, -0.1) is 11.3 Å². The predicted molar refractivity (Wildman–Crippen MR) is 78.2 cm³/mol. The first-order chi connectivity index (χ1) is 8.82. The van der Waals surface area contributed by atoms with Crippen LogP contribution in [-0.2, 0) is 10.2 Å². The molecule has 6 heteroatoms. The molecule has 1 aromatic carbocycles. The Labute approximate surface area is 124 Å². The highest BCUT2D eigenvalue weighted by Gasteiger charge is 2.32. The van der Waals surface area contributed by atoms with E-state index in [2.05, 4.69) is 4.98 Å². The summed E-state index contributed by atoms with van der Waals surface area (Å²) in [5, 5.41) is 12.7. The number of hydrogen-bond donors (Lipinski definition) is 1. The van der Waals surface area contributed by atoms with E-state index in [9.17, 15) is 9.90 Å². The first-order valence-corrected chi connectivity index (χ1v) is 7.11. The Bertz CT molecular complexity index is 637. The first-order valence-electron chi connectivity index (χ1n) is 5.47. The van der Waals surface area contributed by atoms with Crippen LogP contribution in [-0.4, -0.2) is 16.1 Å². The number of hydrogen-bond acceptors (Lipinski definition) is 3. The summed E-state index contributed by atoms with van der Waals surface area (Å²) in [6, 6.07) is 5.15. The molecule has 2 aromatic rings. The van der Waals surface area contributed by atoms with E-state index in [-0.39, 0.29) is 0 Å². The van der Waals surface area contributed by atoms with E-state index in [1.54, 1.807) is 37.4 Å². The molecular formula is C13H11Cl2NO2S. The third-order valence-corrected chi connectivity index (χ3v) is 4.26. The third kappa shape index (κ3) is 2.76. The van der Waals surface area contributed by atoms with Crippen LogP contribution >= 0.6 is 34.5 Å². The van der Waals surface area contributed by atoms with Gasteiger partial charge in [0.1, 0.15) is 10.4 Å². The highest BCUT2D eigenvalue weighted by Crippen LogP contribution is 2.35. The summed E-state index contributed by atoms with van der Waals surface area (Å²) in [5.74, 6) is -0.911. The largest absolute Gasteiger partial charge is 0.481 e. The summed E-state index contributed by atoms with van der Waals surface area (Å²) >= 11 is 13.3. The van der Waals surface area contributed by atoms with Crippen LogP contribution in [0.5, 0.6) is 0 Å². The van der Waals surface area contributed by atoms with Crippen molar-refractivity contribution in [1.82, 2.24) is 4.98 Å². The molecule has 0 saturated heterocycles. The lowest BCUT2D eigenvalue weighted by Gasteiger charge is -2.15. The first kappa shape index (κ1) is 14.3. The second-order valence-electron chi connectivity index (χ2n) is 4.59. The lowest BCUT2D eigenvalue weighted by molar-refractivity contribution is -0.142. The topological polar surface area (TPSA) is 50.2 Å². The van der Waals surface area contributed by atoms with E-state index < -0.39 is 11.4 Å². The van der Waals surface area contributed by atoms with E-state index in [0.29, 0.717) is 20.7 Å². The minimum Gasteiger partial charge on any atom is -0.481 e. The van der Waals surface area contributed by atoms with Gasteiger partial charge in [0, 0.05) is 16.0 Å². The Morgan fingerprint density at radius 2 is 2.05 bits per heavy atom. The second kappa shape index (κ2) is 5.12. The van der Waals surface area contributed by atoms with Crippen molar-refractivity contribution in [3.05, 3.63) is 39.3 Å². The van der Waals surface area contributed by atoms with Gasteiger partial charge in [-0.3, -0.25) is 4.79 Å². The van der Waals surface area contributed by atoms with Gasteiger partial charge >= 0.3 is 5.97 Å². The van der Waals surface area contributed by atoms with Gasteiger partial charge in [0.05, 0.1) is 10.7 Å². The summed E-state index contributed by atoms with van der Waals surface area (Å²) in [7, 11) is 0. The molecule has 2 rings (SSSR count). The highest BCUT2D eigenvalue weighted by molar-refractivity contribution is 7.13. The van der Waals surface area contributed by atoms with Crippen LogP contribution in [0.4, 0.5) is 0 Å². The molecule has 0 amide bonds. The third-order valence-electron chi connectivity index (χ3n) is 2.84. The Kier molecular flexibility index (Phi) is 3.85. The van der Waals surface area contributed by atoms with E-state index in [1.807, 2.05) is 0 Å². The number of nitrogens with zero attached hydrogens (tertiary/aromatic N) is 1. The van der Waals surface area contributed by atoms with Crippen LogP contribution in [0.1, 0.15) is 19.5 Å². The number of carbonyl (C=O) groups is 1. The predicted octanol–water partition coefficient (Wildman–Crippen LogP) is 4.48. The maximum atomic E-state index is 11.2. The molecule has 0 saturated carbocycles. The van der Waals surface area contributed by atoms with Crippen LogP contribution < -0.4 is 0 Å². The molecule has 0 unspecified atom stereocenters. The van der Waals surface area contributed by atoms with Gasteiger partial charge in [-0.25, -0.2) is 4.98 Å². The van der Waals surface area contributed by atoms with E-state index in [0.717, 1.165) is 5.56 Å². The van der Waals surface area contributed by atoms with Gasteiger partial charge in [0.25, 0.3) is 0 Å². The fraction of sp³-hybridized carbons (Fsp3) is 0.231. The molecule has 0 spiro atoms. The SMILES string of the molecule is CC(C)(C(=O)O)c1csc(-c2ccc(Cl)cc2Cl)n1. The zero-order valence-corrected chi connectivity index (χ0v) is 12.6. The molecule has 1 N–H and O–H groups in total. The number of aliphatic carboxylic acids is 1. The number of rotatable bonds is 3. The molecule has 0 atom stereocenters. The molecule has 0 aliphatic carbocycles. The van der Waals surface area contributed by atoms with Crippen molar-refractivity contribution >= 4 is 40.5 Å². The van der Waals surface area contributed by atoms with Gasteiger partial charge in [-0.2, -0.15) is 0 Å². The quantitative estimate of drug-likeness (QED) is 0.908. The molecule has 0 aliphatic heterocycles. The molecule has 100 valence electrons. The lowest BCUT2D eigenvalue weighted by atomic mass is 9.90. The summed E-state index contributed by atoms with van der Waals surface area (Å²) in [6.45, 7) is 3.25. The molecule has 0 bridgehead atoms. The number of thiazole rings is 1. The minimum absolute atomic E-state index is 0.501. The zero-order valence-electron chi connectivity index (χ0n) is 10.3. The summed E-state index contributed by atoms with van der Waals surface area (Å²) in [6.07, 6.45) is 0. The van der Waals surface area contributed by atoms with Crippen molar-refractivity contribution in [3.63, 3.8) is 0 Å². The Hall–Kier alpha value is -1.10. The van der Waals surface area contributed by atoms with Gasteiger partial charge in [-0.05, 0) is 32.0 Å². The van der Waals surface area contributed by atoms with Gasteiger partial charge < -0.3 is 5.11 Å². The number of carboxylic acid groups (broad SMARTS) is 1. The summed E-state index contributed by atoms with van der Waals surface area (Å²) in [5.41, 5.74) is 0.253. The average Bonchev–Trinajstić information content (AvgIpc) is 2.78. The molecular weight excluding hydrogens is 305 g/mol. The smallest absolute Gasteiger partial charge is 0.315 e. The molecule has 19 heavy (non-hydrogen) atoms. The number of carboxylic acids is 1. The van der Waals surface area contributed by atoms with E-state index >= 15 is 0 Å². The summed E-state index contributed by atoms with van der Waals surface area (Å²) < 4.78 is 0. The van der Waals surface area contributed by atoms with Gasteiger partial charge in [0.2, 0.25) is 0 Å². The van der Waals surface area contributed by atoms with Crippen LogP contribution in [0.15, 0.2) is 23.6 Å². The van der Waals surface area contributed by atoms with Crippen molar-refractivity contribution in [1.29, 1.82) is 0 Å². The second-order valence-corrected chi connectivity index (χ2v) is 6.29. The fourth-order valence-electron chi connectivity index (χ4n) is 1.46. The van der Waals surface area contributed by atoms with E-state index in [4.69, 9.17) is 23.2 Å². The molecule has 1 heterocycles. The van der Waals surface area contributed by atoms with Crippen molar-refractivity contribution in [2.45, 2.75) is 19.3 Å². The minimum atomic E-state index is -1.02. The van der Waals surface area contributed by atoms with E-state index in [1.165, 1.54) is 11.3 Å². The normalized spacial score (nSPS) is 11.6. The maximum Gasteiger partial charge on any atom is 0.315 e. The van der Waals surface area contributed by atoms with Crippen molar-refractivity contribution in [2.75, 3.05) is 0 Å². The lowest BCUT2D eigenvalue weighted by Crippen LogP contribution is -2.28. The van der Waals surface area contributed by atoms with Gasteiger partial charge in [0.15, 0.2) is 0 Å². The Balaban J connectivity index is 2.44. The summed E-state index contributed by atoms with van der Waals surface area (Å²) in [4.78, 5) is 15.6. The number of halogens is 2. The molecule has 0 fully saturated rings. The fourth-order valence-corrected chi connectivity index (χ4v) is 3.04. The molecule has 3 nitrogen and oxygen atoms in total. The number of benzene rings is 1.